The van der Waals surface area contributed by atoms with Crippen molar-refractivity contribution in [3.05, 3.63) is 133 Å². The summed E-state index contributed by atoms with van der Waals surface area (Å²) in [5.74, 6) is 1.43. The molecule has 0 saturated carbocycles. The van der Waals surface area contributed by atoms with E-state index < -0.39 is 0 Å². The van der Waals surface area contributed by atoms with Crippen molar-refractivity contribution in [1.29, 1.82) is 0 Å². The minimum absolute atomic E-state index is 0.0221. The second-order valence-corrected chi connectivity index (χ2v) is 12.5. The summed E-state index contributed by atoms with van der Waals surface area (Å²) >= 11 is 0. The standard InChI is InChI=1S/C38H34N10O2/c49-35(21-25-9-3-1-4-10-25)47-19-7-13-33(47)37-39-23-31(41-37)29-17-15-27(43-45-29)28-16-18-30(46-44-28)32-24-40-38(42-32)34-14-8-20-48(34)36(50)22-26-11-5-2-6-12-26/h1-6,9-12,15-18,21-24,33-34H,7-8,13-14,19-20H2,(H,39,41)(H,40,42)/t33-,34?/m0/s1. The van der Waals surface area contributed by atoms with Crippen LogP contribution in [0, 0.1) is 12.8 Å². The Balaban J connectivity index is 0.910. The predicted molar refractivity (Wildman–Crippen MR) is 185 cm³/mol. The van der Waals surface area contributed by atoms with Gasteiger partial charge in [0.05, 0.1) is 48.7 Å². The van der Waals surface area contributed by atoms with E-state index in [1.807, 2.05) is 94.7 Å². The molecule has 2 saturated heterocycles. The Morgan fingerprint density at radius 2 is 0.960 bits per heavy atom. The summed E-state index contributed by atoms with van der Waals surface area (Å²) in [5, 5.41) is 17.7. The molecule has 12 heteroatoms. The summed E-state index contributed by atoms with van der Waals surface area (Å²) in [6.45, 7) is 1.37. The van der Waals surface area contributed by atoms with Crippen molar-refractivity contribution in [2.24, 2.45) is 0 Å². The smallest absolute Gasteiger partial charge is 0.231 e. The Morgan fingerprint density at radius 3 is 1.36 bits per heavy atom. The zero-order valence-corrected chi connectivity index (χ0v) is 27.2. The number of amides is 2. The normalized spacial score (nSPS) is 17.4. The Hall–Kier alpha value is -6.04. The Labute approximate surface area is 289 Å². The molecule has 0 spiro atoms. The molecule has 2 fully saturated rings. The number of likely N-dealkylation sites (tertiary alicyclic amines) is 2. The van der Waals surface area contributed by atoms with Gasteiger partial charge in [-0.05, 0) is 61.1 Å². The SMILES string of the molecule is O=C([CH]c1ccccc1)N1CCCC1c1ncc(-c2ccc(-c3ccc(-c4cnc([C@@H]5CCCN5C(=O)[CH]c5ccccc5)[nH]4)nn3)nn2)[nH]1. The summed E-state index contributed by atoms with van der Waals surface area (Å²) < 4.78 is 0. The molecule has 1 unspecified atom stereocenters. The van der Waals surface area contributed by atoms with Gasteiger partial charge in [0.2, 0.25) is 11.8 Å². The molecule has 0 bridgehead atoms. The van der Waals surface area contributed by atoms with E-state index in [2.05, 4.69) is 40.3 Å². The number of carbonyl (C=O) groups excluding carboxylic acids is 2. The zero-order valence-electron chi connectivity index (χ0n) is 27.2. The second kappa shape index (κ2) is 13.8. The molecule has 6 heterocycles. The minimum atomic E-state index is -0.124. The van der Waals surface area contributed by atoms with Crippen molar-refractivity contribution in [3.8, 4) is 34.2 Å². The largest absolute Gasteiger partial charge is 0.339 e. The highest BCUT2D eigenvalue weighted by molar-refractivity contribution is 5.89. The van der Waals surface area contributed by atoms with Gasteiger partial charge in [0.25, 0.3) is 0 Å². The fraction of sp³-hybridized carbons (Fsp3) is 0.211. The highest BCUT2D eigenvalue weighted by Crippen LogP contribution is 2.34. The van der Waals surface area contributed by atoms with E-state index in [1.54, 1.807) is 25.2 Å². The van der Waals surface area contributed by atoms with E-state index >= 15 is 0 Å². The maximum absolute atomic E-state index is 13.1. The third-order valence-corrected chi connectivity index (χ3v) is 9.22. The van der Waals surface area contributed by atoms with Crippen LogP contribution in [0.2, 0.25) is 0 Å². The fourth-order valence-corrected chi connectivity index (χ4v) is 6.68. The average Bonchev–Trinajstić information content (AvgIpc) is 3.99. The minimum Gasteiger partial charge on any atom is -0.339 e. The van der Waals surface area contributed by atoms with E-state index in [0.717, 1.165) is 59.8 Å². The maximum atomic E-state index is 13.1. The van der Waals surface area contributed by atoms with E-state index in [0.29, 0.717) is 35.9 Å². The van der Waals surface area contributed by atoms with E-state index in [1.165, 1.54) is 0 Å². The number of hydrogen-bond donors (Lipinski definition) is 2. The lowest BCUT2D eigenvalue weighted by molar-refractivity contribution is -0.129. The molecular formula is C38H34N10O2. The summed E-state index contributed by atoms with van der Waals surface area (Å²) in [7, 11) is 0. The van der Waals surface area contributed by atoms with E-state index in [9.17, 15) is 9.59 Å². The van der Waals surface area contributed by atoms with Crippen molar-refractivity contribution in [2.45, 2.75) is 37.8 Å². The van der Waals surface area contributed by atoms with Gasteiger partial charge in [0, 0.05) is 13.1 Å². The molecule has 2 aliphatic heterocycles. The third-order valence-electron chi connectivity index (χ3n) is 9.22. The summed E-state index contributed by atoms with van der Waals surface area (Å²) in [5.41, 5.74) is 5.64. The highest BCUT2D eigenvalue weighted by atomic mass is 16.2. The summed E-state index contributed by atoms with van der Waals surface area (Å²) in [6, 6.07) is 26.4. The first-order valence-corrected chi connectivity index (χ1v) is 16.8. The van der Waals surface area contributed by atoms with Crippen LogP contribution < -0.4 is 0 Å². The van der Waals surface area contributed by atoms with Crippen LogP contribution in [-0.2, 0) is 9.59 Å². The van der Waals surface area contributed by atoms with Crippen LogP contribution in [0.5, 0.6) is 0 Å². The van der Waals surface area contributed by atoms with Gasteiger partial charge < -0.3 is 19.8 Å². The lowest BCUT2D eigenvalue weighted by Gasteiger charge is -2.23. The van der Waals surface area contributed by atoms with Crippen LogP contribution in [0.1, 0.15) is 60.5 Å². The molecule has 2 aromatic carbocycles. The molecule has 2 atom stereocenters. The molecule has 12 nitrogen and oxygen atoms in total. The number of nitrogens with zero attached hydrogens (tertiary/aromatic N) is 8. The molecule has 8 rings (SSSR count). The molecule has 2 aliphatic rings. The molecule has 6 aromatic rings. The second-order valence-electron chi connectivity index (χ2n) is 12.5. The Kier molecular flexibility index (Phi) is 8.64. The number of aromatic amines is 2. The van der Waals surface area contributed by atoms with Crippen molar-refractivity contribution in [1.82, 2.24) is 50.1 Å². The lowest BCUT2D eigenvalue weighted by atomic mass is 10.1. The van der Waals surface area contributed by atoms with Gasteiger partial charge in [-0.15, -0.1) is 20.4 Å². The van der Waals surface area contributed by atoms with Crippen LogP contribution in [0.15, 0.2) is 97.3 Å². The fourth-order valence-electron chi connectivity index (χ4n) is 6.68. The Morgan fingerprint density at radius 1 is 0.560 bits per heavy atom. The number of imidazole rings is 2. The number of hydrogen-bond acceptors (Lipinski definition) is 8. The molecule has 0 aliphatic carbocycles. The summed E-state index contributed by atoms with van der Waals surface area (Å²) in [4.78, 5) is 45.8. The van der Waals surface area contributed by atoms with Crippen LogP contribution in [-0.4, -0.2) is 75.0 Å². The molecule has 2 amide bonds. The van der Waals surface area contributed by atoms with Gasteiger partial charge in [-0.1, -0.05) is 60.7 Å². The van der Waals surface area contributed by atoms with Crippen molar-refractivity contribution >= 4 is 11.8 Å². The molecule has 4 aromatic heterocycles. The average molecular weight is 663 g/mol. The van der Waals surface area contributed by atoms with Gasteiger partial charge in [0.1, 0.15) is 34.4 Å². The first kappa shape index (κ1) is 31.2. The molecule has 2 N–H and O–H groups in total. The van der Waals surface area contributed by atoms with Gasteiger partial charge in [-0.25, -0.2) is 9.97 Å². The molecule has 248 valence electrons. The van der Waals surface area contributed by atoms with Gasteiger partial charge >= 0.3 is 0 Å². The van der Waals surface area contributed by atoms with Crippen LogP contribution in [0.25, 0.3) is 34.2 Å². The Bertz CT molecular complexity index is 1930. The van der Waals surface area contributed by atoms with Gasteiger partial charge in [0.15, 0.2) is 0 Å². The number of carbonyl (C=O) groups is 2. The maximum Gasteiger partial charge on any atom is 0.231 e. The summed E-state index contributed by atoms with van der Waals surface area (Å²) in [6.07, 6.45) is 10.3. The number of aromatic nitrogens is 8. The predicted octanol–water partition coefficient (Wildman–Crippen LogP) is 5.55. The molecule has 50 heavy (non-hydrogen) atoms. The quantitative estimate of drug-likeness (QED) is 0.205. The first-order valence-electron chi connectivity index (χ1n) is 16.8. The van der Waals surface area contributed by atoms with Crippen LogP contribution in [0.3, 0.4) is 0 Å². The highest BCUT2D eigenvalue weighted by Gasteiger charge is 2.33. The van der Waals surface area contributed by atoms with Gasteiger partial charge in [-0.2, -0.15) is 0 Å². The number of rotatable bonds is 9. The van der Waals surface area contributed by atoms with Crippen molar-refractivity contribution in [2.75, 3.05) is 13.1 Å². The number of benzene rings is 2. The van der Waals surface area contributed by atoms with Crippen LogP contribution >= 0.6 is 0 Å². The third kappa shape index (κ3) is 6.51. The zero-order chi connectivity index (χ0) is 33.9. The number of H-pyrrole nitrogens is 2. The topological polar surface area (TPSA) is 150 Å². The molecular weight excluding hydrogens is 628 g/mol. The van der Waals surface area contributed by atoms with Crippen LogP contribution in [0.4, 0.5) is 0 Å². The number of nitrogens with one attached hydrogen (secondary N) is 2. The molecule has 2 radical (unpaired) electrons. The monoisotopic (exact) mass is 662 g/mol. The van der Waals surface area contributed by atoms with E-state index in [-0.39, 0.29) is 23.9 Å². The first-order chi connectivity index (χ1) is 24.6. The lowest BCUT2D eigenvalue weighted by Crippen LogP contribution is -2.31. The van der Waals surface area contributed by atoms with Gasteiger partial charge in [-0.3, -0.25) is 9.59 Å². The van der Waals surface area contributed by atoms with E-state index in [4.69, 9.17) is 0 Å². The van der Waals surface area contributed by atoms with Crippen molar-refractivity contribution in [3.63, 3.8) is 0 Å². The van der Waals surface area contributed by atoms with Crippen molar-refractivity contribution < 1.29 is 9.59 Å².